The van der Waals surface area contributed by atoms with Gasteiger partial charge in [0.05, 0.1) is 6.04 Å². The van der Waals surface area contributed by atoms with E-state index in [2.05, 4.69) is 19.2 Å². The van der Waals surface area contributed by atoms with Crippen LogP contribution in [0.4, 0.5) is 0 Å². The van der Waals surface area contributed by atoms with Crippen molar-refractivity contribution in [1.82, 2.24) is 0 Å². The Morgan fingerprint density at radius 2 is 1.84 bits per heavy atom. The first kappa shape index (κ1) is 14.4. The van der Waals surface area contributed by atoms with Crippen molar-refractivity contribution in [3.05, 3.63) is 46.1 Å². The molecule has 19 heavy (non-hydrogen) atoms. The van der Waals surface area contributed by atoms with Crippen molar-refractivity contribution in [2.24, 2.45) is 0 Å². The molecule has 2 nitrogen and oxygen atoms in total. The van der Waals surface area contributed by atoms with E-state index in [-0.39, 0.29) is 0 Å². The zero-order valence-electron chi connectivity index (χ0n) is 11.1. The predicted octanol–water partition coefficient (Wildman–Crippen LogP) is 4.12. The highest BCUT2D eigenvalue weighted by molar-refractivity contribution is 6.35. The lowest BCUT2D eigenvalue weighted by atomic mass is 10.2. The summed E-state index contributed by atoms with van der Waals surface area (Å²) in [5.41, 5.74) is 0.910. The molecular weight excluding hydrogens is 281 g/mol. The van der Waals surface area contributed by atoms with Gasteiger partial charge in [-0.25, -0.2) is 0 Å². The molecule has 2 N–H and O–H groups in total. The first-order valence-corrected chi connectivity index (χ1v) is 7.22. The minimum absolute atomic E-state index is 0.606. The molecule has 1 atom stereocenters. The molecule has 0 radical (unpaired) electrons. The number of nitrogens with two attached hydrogens (primary N) is 1. The van der Waals surface area contributed by atoms with Crippen molar-refractivity contribution in [1.29, 1.82) is 0 Å². The van der Waals surface area contributed by atoms with Crippen molar-refractivity contribution in [2.75, 3.05) is 0 Å². The molecule has 0 saturated heterocycles. The SMILES string of the molecule is CC[C@H](C)[NH2+]Cc1ccc(-c2cc(Cl)cc(Cl)c2)o1. The first-order chi connectivity index (χ1) is 9.08. The van der Waals surface area contributed by atoms with Gasteiger partial charge in [-0.15, -0.1) is 0 Å². The van der Waals surface area contributed by atoms with E-state index in [1.165, 1.54) is 0 Å². The van der Waals surface area contributed by atoms with Gasteiger partial charge in [0.15, 0.2) is 5.76 Å². The third-order valence-electron chi connectivity index (χ3n) is 3.17. The molecular formula is C15H18Cl2NO+. The van der Waals surface area contributed by atoms with Gasteiger partial charge in [0.25, 0.3) is 0 Å². The highest BCUT2D eigenvalue weighted by Crippen LogP contribution is 2.28. The molecule has 0 spiro atoms. The average molecular weight is 299 g/mol. The summed E-state index contributed by atoms with van der Waals surface area (Å²) in [5.74, 6) is 1.77. The van der Waals surface area contributed by atoms with E-state index in [0.29, 0.717) is 16.1 Å². The Morgan fingerprint density at radius 1 is 1.16 bits per heavy atom. The number of hydrogen-bond donors (Lipinski definition) is 1. The van der Waals surface area contributed by atoms with E-state index < -0.39 is 0 Å². The zero-order valence-corrected chi connectivity index (χ0v) is 12.6. The molecule has 102 valence electrons. The van der Waals surface area contributed by atoms with Crippen LogP contribution in [0.5, 0.6) is 0 Å². The Balaban J connectivity index is 2.12. The van der Waals surface area contributed by atoms with E-state index >= 15 is 0 Å². The van der Waals surface area contributed by atoms with Crippen LogP contribution in [0.2, 0.25) is 10.0 Å². The standard InChI is InChI=1S/C15H17Cl2NO/c1-3-10(2)18-9-14-4-5-15(19-14)11-6-12(16)8-13(17)7-11/h4-8,10,18H,3,9H2,1-2H3/p+1/t10-/m0/s1. The van der Waals surface area contributed by atoms with Crippen LogP contribution < -0.4 is 5.32 Å². The lowest BCUT2D eigenvalue weighted by molar-refractivity contribution is -0.703. The lowest BCUT2D eigenvalue weighted by Crippen LogP contribution is -2.87. The number of hydrogen-bond acceptors (Lipinski definition) is 1. The summed E-state index contributed by atoms with van der Waals surface area (Å²) in [6.45, 7) is 5.24. The van der Waals surface area contributed by atoms with Gasteiger partial charge in [0.2, 0.25) is 0 Å². The fraction of sp³-hybridized carbons (Fsp3) is 0.333. The molecule has 0 amide bonds. The normalized spacial score (nSPS) is 12.6. The van der Waals surface area contributed by atoms with Gasteiger partial charge < -0.3 is 9.73 Å². The third kappa shape index (κ3) is 4.00. The van der Waals surface area contributed by atoms with Crippen molar-refractivity contribution in [3.8, 4) is 11.3 Å². The van der Waals surface area contributed by atoms with Crippen LogP contribution in [0.1, 0.15) is 26.0 Å². The Labute approximate surface area is 123 Å². The summed E-state index contributed by atoms with van der Waals surface area (Å²) in [6, 6.07) is 10.00. The Bertz CT molecular complexity index is 531. The van der Waals surface area contributed by atoms with Gasteiger partial charge in [-0.3, -0.25) is 0 Å². The second kappa shape index (κ2) is 6.47. The Kier molecular flexibility index (Phi) is 4.92. The minimum atomic E-state index is 0.606. The van der Waals surface area contributed by atoms with Crippen molar-refractivity contribution < 1.29 is 9.73 Å². The molecule has 4 heteroatoms. The molecule has 0 bridgehead atoms. The summed E-state index contributed by atoms with van der Waals surface area (Å²) in [7, 11) is 0. The molecule has 2 rings (SSSR count). The first-order valence-electron chi connectivity index (χ1n) is 6.47. The molecule has 1 aromatic heterocycles. The molecule has 0 fully saturated rings. The molecule has 0 aliphatic rings. The molecule has 0 saturated carbocycles. The predicted molar refractivity (Wildman–Crippen MR) is 79.5 cm³/mol. The Hall–Kier alpha value is -0.960. The third-order valence-corrected chi connectivity index (χ3v) is 3.61. The maximum absolute atomic E-state index is 6.00. The second-order valence-corrected chi connectivity index (χ2v) is 5.62. The lowest BCUT2D eigenvalue weighted by Gasteiger charge is -2.05. The average Bonchev–Trinajstić information content (AvgIpc) is 2.83. The van der Waals surface area contributed by atoms with E-state index in [0.717, 1.165) is 30.0 Å². The molecule has 1 heterocycles. The zero-order chi connectivity index (χ0) is 13.8. The van der Waals surface area contributed by atoms with Gasteiger partial charge >= 0.3 is 0 Å². The van der Waals surface area contributed by atoms with Gasteiger partial charge in [0.1, 0.15) is 12.3 Å². The van der Waals surface area contributed by atoms with E-state index in [9.17, 15) is 0 Å². The number of furan rings is 1. The number of quaternary nitrogens is 1. The van der Waals surface area contributed by atoms with E-state index in [1.807, 2.05) is 24.3 Å². The molecule has 0 aliphatic heterocycles. The number of benzene rings is 1. The second-order valence-electron chi connectivity index (χ2n) is 4.75. The van der Waals surface area contributed by atoms with Crippen LogP contribution in [-0.2, 0) is 6.54 Å². The van der Waals surface area contributed by atoms with Gasteiger partial charge in [-0.2, -0.15) is 0 Å². The summed E-state index contributed by atoms with van der Waals surface area (Å²) < 4.78 is 5.83. The largest absolute Gasteiger partial charge is 0.455 e. The van der Waals surface area contributed by atoms with E-state index in [1.54, 1.807) is 6.07 Å². The summed E-state index contributed by atoms with van der Waals surface area (Å²) in [6.07, 6.45) is 1.15. The van der Waals surface area contributed by atoms with E-state index in [4.69, 9.17) is 27.6 Å². The molecule has 0 aliphatic carbocycles. The summed E-state index contributed by atoms with van der Waals surface area (Å²) in [4.78, 5) is 0. The van der Waals surface area contributed by atoms with Crippen LogP contribution in [0, 0.1) is 0 Å². The molecule has 2 aromatic rings. The fourth-order valence-corrected chi connectivity index (χ4v) is 2.35. The maximum Gasteiger partial charge on any atom is 0.158 e. The van der Waals surface area contributed by atoms with Crippen LogP contribution >= 0.6 is 23.2 Å². The van der Waals surface area contributed by atoms with Crippen LogP contribution in [0.15, 0.2) is 34.7 Å². The molecule has 0 unspecified atom stereocenters. The quantitative estimate of drug-likeness (QED) is 0.884. The minimum Gasteiger partial charge on any atom is -0.455 e. The van der Waals surface area contributed by atoms with Crippen molar-refractivity contribution in [2.45, 2.75) is 32.9 Å². The van der Waals surface area contributed by atoms with Crippen LogP contribution in [0.3, 0.4) is 0 Å². The topological polar surface area (TPSA) is 29.8 Å². The number of rotatable bonds is 5. The maximum atomic E-state index is 6.00. The summed E-state index contributed by atoms with van der Waals surface area (Å²) >= 11 is 12.0. The fourth-order valence-electron chi connectivity index (χ4n) is 1.82. The monoisotopic (exact) mass is 298 g/mol. The van der Waals surface area contributed by atoms with Gasteiger partial charge in [-0.05, 0) is 43.7 Å². The van der Waals surface area contributed by atoms with Crippen molar-refractivity contribution >= 4 is 23.2 Å². The van der Waals surface area contributed by atoms with Crippen LogP contribution in [0.25, 0.3) is 11.3 Å². The molecule has 1 aromatic carbocycles. The summed E-state index contributed by atoms with van der Waals surface area (Å²) in [5, 5.41) is 3.51. The highest BCUT2D eigenvalue weighted by Gasteiger charge is 2.09. The van der Waals surface area contributed by atoms with Crippen LogP contribution in [-0.4, -0.2) is 6.04 Å². The Morgan fingerprint density at radius 3 is 2.47 bits per heavy atom. The smallest absolute Gasteiger partial charge is 0.158 e. The van der Waals surface area contributed by atoms with Crippen molar-refractivity contribution in [3.63, 3.8) is 0 Å². The van der Waals surface area contributed by atoms with Gasteiger partial charge in [-0.1, -0.05) is 30.1 Å². The number of halogens is 2. The van der Waals surface area contributed by atoms with Gasteiger partial charge in [0, 0.05) is 15.6 Å². The highest BCUT2D eigenvalue weighted by atomic mass is 35.5.